The summed E-state index contributed by atoms with van der Waals surface area (Å²) in [6, 6.07) is 14.8. The summed E-state index contributed by atoms with van der Waals surface area (Å²) in [5, 5.41) is 3.40. The summed E-state index contributed by atoms with van der Waals surface area (Å²) in [4.78, 5) is 3.43. The van der Waals surface area contributed by atoms with Gasteiger partial charge in [0, 0.05) is 45.1 Å². The molecule has 21 heavy (non-hydrogen) atoms. The van der Waals surface area contributed by atoms with Gasteiger partial charge in [-0.3, -0.25) is 0 Å². The van der Waals surface area contributed by atoms with Crippen molar-refractivity contribution in [1.82, 2.24) is 5.32 Å². The van der Waals surface area contributed by atoms with Gasteiger partial charge in [0.25, 0.3) is 0 Å². The number of para-hydroxylation sites is 1. The lowest BCUT2D eigenvalue weighted by molar-refractivity contribution is 0.589. The standard InChI is InChI=1S/C18H22N2S/c1-14-13-15(21-2)7-8-16(14)17-5-3-4-6-18(17)20-11-9-19-10-12-20/h3-8,13,19H,9-12H2,1-2H3/i2D2. The van der Waals surface area contributed by atoms with Crippen LogP contribution in [0, 0.1) is 6.92 Å². The summed E-state index contributed by atoms with van der Waals surface area (Å²) in [7, 11) is 0. The van der Waals surface area contributed by atoms with E-state index in [9.17, 15) is 0 Å². The van der Waals surface area contributed by atoms with E-state index in [2.05, 4.69) is 53.5 Å². The Morgan fingerprint density at radius 3 is 2.67 bits per heavy atom. The van der Waals surface area contributed by atoms with E-state index in [0.29, 0.717) is 0 Å². The summed E-state index contributed by atoms with van der Waals surface area (Å²) in [6.45, 7) is 6.22. The molecule has 110 valence electrons. The van der Waals surface area contributed by atoms with E-state index in [0.717, 1.165) is 31.1 Å². The van der Waals surface area contributed by atoms with Crippen molar-refractivity contribution in [2.24, 2.45) is 0 Å². The highest BCUT2D eigenvalue weighted by Crippen LogP contribution is 2.34. The maximum Gasteiger partial charge on any atom is 0.0446 e. The number of piperazine rings is 1. The highest BCUT2D eigenvalue weighted by atomic mass is 32.2. The van der Waals surface area contributed by atoms with Crippen LogP contribution in [0.2, 0.25) is 0 Å². The molecule has 2 aromatic rings. The predicted molar refractivity (Wildman–Crippen MR) is 93.5 cm³/mol. The Kier molecular flexibility index (Phi) is 3.78. The molecule has 0 aromatic heterocycles. The molecule has 3 heteroatoms. The van der Waals surface area contributed by atoms with E-state index in [-0.39, 0.29) is 0 Å². The molecule has 1 aliphatic rings. The molecule has 0 spiro atoms. The van der Waals surface area contributed by atoms with Gasteiger partial charge in [-0.15, -0.1) is 11.8 Å². The third kappa shape index (κ3) is 3.09. The maximum absolute atomic E-state index is 7.39. The predicted octanol–water partition coefficient (Wildman–Crippen LogP) is 3.79. The third-order valence-electron chi connectivity index (χ3n) is 3.99. The molecule has 1 fully saturated rings. The molecule has 0 amide bonds. The topological polar surface area (TPSA) is 15.3 Å². The summed E-state index contributed by atoms with van der Waals surface area (Å²) >= 11 is 1.26. The van der Waals surface area contributed by atoms with Crippen LogP contribution in [-0.2, 0) is 0 Å². The molecule has 0 aliphatic carbocycles. The Hall–Kier alpha value is -1.45. The molecule has 0 unspecified atom stereocenters. The molecule has 1 aliphatic heterocycles. The Labute approximate surface area is 134 Å². The fourth-order valence-corrected chi connectivity index (χ4v) is 3.29. The van der Waals surface area contributed by atoms with Crippen molar-refractivity contribution in [3.63, 3.8) is 0 Å². The van der Waals surface area contributed by atoms with Crippen LogP contribution < -0.4 is 10.2 Å². The Morgan fingerprint density at radius 1 is 1.10 bits per heavy atom. The number of aryl methyl sites for hydroxylation is 1. The van der Waals surface area contributed by atoms with Crippen molar-refractivity contribution >= 4 is 17.4 Å². The summed E-state index contributed by atoms with van der Waals surface area (Å²) in [6.07, 6.45) is -0.881. The molecule has 0 radical (unpaired) electrons. The average Bonchev–Trinajstić information content (AvgIpc) is 2.55. The number of benzene rings is 2. The lowest BCUT2D eigenvalue weighted by Gasteiger charge is -2.31. The van der Waals surface area contributed by atoms with Crippen LogP contribution in [0.3, 0.4) is 0 Å². The van der Waals surface area contributed by atoms with Gasteiger partial charge >= 0.3 is 0 Å². The van der Waals surface area contributed by atoms with E-state index in [1.165, 1.54) is 34.1 Å². The molecule has 2 aromatic carbocycles. The molecule has 3 rings (SSSR count). The van der Waals surface area contributed by atoms with Gasteiger partial charge in [0.05, 0.1) is 0 Å². The maximum atomic E-state index is 7.39. The molecule has 0 atom stereocenters. The van der Waals surface area contributed by atoms with E-state index in [4.69, 9.17) is 2.74 Å². The zero-order valence-electron chi connectivity index (χ0n) is 14.3. The second-order valence-electron chi connectivity index (χ2n) is 5.35. The largest absolute Gasteiger partial charge is 0.368 e. The van der Waals surface area contributed by atoms with Crippen LogP contribution in [0.5, 0.6) is 0 Å². The van der Waals surface area contributed by atoms with E-state index >= 15 is 0 Å². The van der Waals surface area contributed by atoms with Crippen molar-refractivity contribution in [3.8, 4) is 11.1 Å². The number of nitrogens with zero attached hydrogens (tertiary/aromatic N) is 1. The number of thioether (sulfide) groups is 1. The molecule has 1 saturated heterocycles. The molecule has 0 saturated carbocycles. The van der Waals surface area contributed by atoms with Crippen LogP contribution in [-0.4, -0.2) is 32.4 Å². The molecule has 1 N–H and O–H groups in total. The number of anilines is 1. The van der Waals surface area contributed by atoms with E-state index in [1.54, 1.807) is 0 Å². The van der Waals surface area contributed by atoms with Crippen molar-refractivity contribution in [3.05, 3.63) is 48.0 Å². The second kappa shape index (κ2) is 6.54. The summed E-state index contributed by atoms with van der Waals surface area (Å²) in [5.41, 5.74) is 4.97. The van der Waals surface area contributed by atoms with Gasteiger partial charge in [-0.1, -0.05) is 24.3 Å². The van der Waals surface area contributed by atoms with Gasteiger partial charge in [-0.2, -0.15) is 0 Å². The van der Waals surface area contributed by atoms with Gasteiger partial charge in [0.15, 0.2) is 0 Å². The van der Waals surface area contributed by atoms with Crippen molar-refractivity contribution in [2.75, 3.05) is 37.3 Å². The monoisotopic (exact) mass is 300 g/mol. The van der Waals surface area contributed by atoms with Crippen molar-refractivity contribution in [1.29, 1.82) is 0 Å². The minimum Gasteiger partial charge on any atom is -0.368 e. The number of hydrogen-bond donors (Lipinski definition) is 1. The Balaban J connectivity index is 1.95. The van der Waals surface area contributed by atoms with Gasteiger partial charge in [0.2, 0.25) is 0 Å². The van der Waals surface area contributed by atoms with Gasteiger partial charge in [0.1, 0.15) is 0 Å². The minimum absolute atomic E-state index is 0.881. The fraction of sp³-hybridized carbons (Fsp3) is 0.333. The van der Waals surface area contributed by atoms with Crippen molar-refractivity contribution < 1.29 is 2.74 Å². The molecular formula is C18H22N2S. The second-order valence-corrected chi connectivity index (χ2v) is 6.06. The van der Waals surface area contributed by atoms with Crippen LogP contribution in [0.25, 0.3) is 11.1 Å². The number of hydrogen-bond acceptors (Lipinski definition) is 3. The fourth-order valence-electron chi connectivity index (χ4n) is 2.89. The first-order chi connectivity index (χ1) is 11.1. The molecule has 0 bridgehead atoms. The summed E-state index contributed by atoms with van der Waals surface area (Å²) < 4.78 is 14.8. The first-order valence-corrected chi connectivity index (χ1v) is 8.20. The average molecular weight is 300 g/mol. The zero-order chi connectivity index (χ0) is 16.2. The molecule has 1 heterocycles. The zero-order valence-corrected chi connectivity index (χ0v) is 13.1. The quantitative estimate of drug-likeness (QED) is 0.868. The number of rotatable bonds is 3. The normalized spacial score (nSPS) is 16.8. The smallest absolute Gasteiger partial charge is 0.0446 e. The first-order valence-electron chi connectivity index (χ1n) is 8.47. The van der Waals surface area contributed by atoms with Crippen LogP contribution in [0.4, 0.5) is 5.69 Å². The lowest BCUT2D eigenvalue weighted by Crippen LogP contribution is -2.43. The summed E-state index contributed by atoms with van der Waals surface area (Å²) in [5.74, 6) is 0. The Bertz CT molecular complexity index is 670. The van der Waals surface area contributed by atoms with Gasteiger partial charge in [-0.05, 0) is 42.5 Å². The highest BCUT2D eigenvalue weighted by molar-refractivity contribution is 7.98. The first kappa shape index (κ1) is 12.1. The lowest BCUT2D eigenvalue weighted by atomic mass is 9.98. The minimum atomic E-state index is -0.881. The van der Waals surface area contributed by atoms with Crippen LogP contribution in [0.15, 0.2) is 47.4 Å². The van der Waals surface area contributed by atoms with Crippen LogP contribution >= 0.6 is 11.8 Å². The highest BCUT2D eigenvalue weighted by Gasteiger charge is 2.15. The Morgan fingerprint density at radius 2 is 1.90 bits per heavy atom. The molecule has 2 nitrogen and oxygen atoms in total. The van der Waals surface area contributed by atoms with Gasteiger partial charge < -0.3 is 10.2 Å². The molecular weight excluding hydrogens is 276 g/mol. The number of nitrogens with one attached hydrogen (secondary N) is 1. The SMILES string of the molecule is [2H]C([2H])Sc1ccc(-c2ccccc2N2CCNCC2)c(C)c1. The van der Waals surface area contributed by atoms with E-state index in [1.807, 2.05) is 6.07 Å². The van der Waals surface area contributed by atoms with E-state index < -0.39 is 6.21 Å². The van der Waals surface area contributed by atoms with Crippen molar-refractivity contribution in [2.45, 2.75) is 11.8 Å². The third-order valence-corrected chi connectivity index (χ3v) is 4.51. The van der Waals surface area contributed by atoms with Gasteiger partial charge in [-0.25, -0.2) is 0 Å². The van der Waals surface area contributed by atoms with Crippen LogP contribution in [0.1, 0.15) is 8.30 Å².